The number of hydrogen-bond donors (Lipinski definition) is 1. The van der Waals surface area contributed by atoms with E-state index in [2.05, 4.69) is 57.0 Å². The number of benzene rings is 1. The molecule has 0 aliphatic heterocycles. The van der Waals surface area contributed by atoms with E-state index in [1.165, 1.54) is 24.8 Å². The van der Waals surface area contributed by atoms with Gasteiger partial charge in [0, 0.05) is 12.1 Å². The van der Waals surface area contributed by atoms with E-state index in [1.54, 1.807) is 0 Å². The maximum atomic E-state index is 5.92. The maximum Gasteiger partial charge on any atom is 0.119 e. The molecule has 0 radical (unpaired) electrons. The number of hydrogen-bond acceptors (Lipinski definition) is 3. The van der Waals surface area contributed by atoms with E-state index in [4.69, 9.17) is 10.5 Å². The molecule has 0 spiro atoms. The molecule has 2 N–H and O–H groups in total. The molecule has 1 saturated carbocycles. The molecule has 0 aromatic heterocycles. The lowest BCUT2D eigenvalue weighted by Crippen LogP contribution is -2.39. The summed E-state index contributed by atoms with van der Waals surface area (Å²) in [5.74, 6) is 1.60. The highest BCUT2D eigenvalue weighted by Crippen LogP contribution is 2.33. The van der Waals surface area contributed by atoms with Crippen molar-refractivity contribution in [2.45, 2.75) is 58.2 Å². The first kappa shape index (κ1) is 16.3. The normalized spacial score (nSPS) is 23.8. The van der Waals surface area contributed by atoms with Gasteiger partial charge in [-0.25, -0.2) is 0 Å². The van der Waals surface area contributed by atoms with Gasteiger partial charge in [-0.15, -0.1) is 0 Å². The van der Waals surface area contributed by atoms with Crippen molar-refractivity contribution in [3.63, 3.8) is 0 Å². The van der Waals surface area contributed by atoms with E-state index in [0.717, 1.165) is 12.3 Å². The van der Waals surface area contributed by atoms with Gasteiger partial charge in [-0.2, -0.15) is 0 Å². The van der Waals surface area contributed by atoms with Crippen LogP contribution in [0.5, 0.6) is 5.75 Å². The van der Waals surface area contributed by atoms with Crippen molar-refractivity contribution in [2.75, 3.05) is 13.6 Å². The van der Waals surface area contributed by atoms with Gasteiger partial charge in [0.1, 0.15) is 5.75 Å². The first-order valence-corrected chi connectivity index (χ1v) is 8.21. The molecular weight excluding hydrogens is 260 g/mol. The van der Waals surface area contributed by atoms with Crippen molar-refractivity contribution >= 4 is 0 Å². The molecule has 1 aliphatic carbocycles. The molecule has 0 amide bonds. The van der Waals surface area contributed by atoms with Gasteiger partial charge in [0.2, 0.25) is 0 Å². The van der Waals surface area contributed by atoms with Crippen LogP contribution in [-0.4, -0.2) is 30.6 Å². The summed E-state index contributed by atoms with van der Waals surface area (Å²) in [6.07, 6.45) is 4.08. The molecule has 1 aromatic rings. The van der Waals surface area contributed by atoms with Crippen molar-refractivity contribution in [3.05, 3.63) is 29.8 Å². The average molecular weight is 290 g/mol. The summed E-state index contributed by atoms with van der Waals surface area (Å²) >= 11 is 0. The van der Waals surface area contributed by atoms with Crippen LogP contribution in [0.15, 0.2) is 24.3 Å². The number of ether oxygens (including phenoxy) is 1. The Kier molecular flexibility index (Phi) is 5.65. The first-order valence-electron chi connectivity index (χ1n) is 8.21. The molecule has 2 rings (SSSR count). The Bertz CT molecular complexity index is 429. The van der Waals surface area contributed by atoms with Gasteiger partial charge in [0.15, 0.2) is 0 Å². The van der Waals surface area contributed by atoms with Crippen LogP contribution in [0.3, 0.4) is 0 Å². The molecule has 3 atom stereocenters. The quantitative estimate of drug-likeness (QED) is 0.870. The number of rotatable bonds is 6. The molecule has 3 nitrogen and oxygen atoms in total. The lowest BCUT2D eigenvalue weighted by Gasteiger charge is -2.34. The minimum absolute atomic E-state index is 0.222. The monoisotopic (exact) mass is 290 g/mol. The van der Waals surface area contributed by atoms with Crippen molar-refractivity contribution in [1.29, 1.82) is 0 Å². The average Bonchev–Trinajstić information content (AvgIpc) is 2.94. The van der Waals surface area contributed by atoms with E-state index in [0.29, 0.717) is 18.0 Å². The zero-order chi connectivity index (χ0) is 15.4. The van der Waals surface area contributed by atoms with Crippen molar-refractivity contribution < 1.29 is 4.74 Å². The molecular formula is C18H30N2O. The molecule has 0 saturated heterocycles. The lowest BCUT2D eigenvalue weighted by atomic mass is 9.99. The molecule has 1 aliphatic rings. The second-order valence-corrected chi connectivity index (χ2v) is 6.57. The molecule has 1 fully saturated rings. The highest BCUT2D eigenvalue weighted by molar-refractivity contribution is 5.29. The topological polar surface area (TPSA) is 38.5 Å². The summed E-state index contributed by atoms with van der Waals surface area (Å²) in [5, 5.41) is 0. The lowest BCUT2D eigenvalue weighted by molar-refractivity contribution is 0.152. The SMILES string of the molecule is CC(C)Oc1ccc(C(C)N(C)C2CCCC2CN)cc1. The Labute approximate surface area is 129 Å². The van der Waals surface area contributed by atoms with Gasteiger partial charge in [-0.3, -0.25) is 4.90 Å². The molecule has 1 aromatic carbocycles. The Balaban J connectivity index is 2.03. The standard InChI is InChI=1S/C18H30N2O/c1-13(2)21-17-10-8-15(9-11-17)14(3)20(4)18-7-5-6-16(18)12-19/h8-11,13-14,16,18H,5-7,12,19H2,1-4H3. The molecule has 3 unspecified atom stereocenters. The molecule has 0 bridgehead atoms. The minimum Gasteiger partial charge on any atom is -0.491 e. The summed E-state index contributed by atoms with van der Waals surface area (Å²) in [7, 11) is 2.24. The van der Waals surface area contributed by atoms with Crippen LogP contribution in [0, 0.1) is 5.92 Å². The van der Waals surface area contributed by atoms with Crippen molar-refractivity contribution in [3.8, 4) is 5.75 Å². The van der Waals surface area contributed by atoms with Crippen LogP contribution in [0.25, 0.3) is 0 Å². The fourth-order valence-corrected chi connectivity index (χ4v) is 3.45. The summed E-state index contributed by atoms with van der Waals surface area (Å²) in [6.45, 7) is 7.20. The van der Waals surface area contributed by atoms with Gasteiger partial charge in [0.25, 0.3) is 0 Å². The summed E-state index contributed by atoms with van der Waals surface area (Å²) in [6, 6.07) is 9.56. The van der Waals surface area contributed by atoms with Crippen molar-refractivity contribution in [1.82, 2.24) is 4.90 Å². The van der Waals surface area contributed by atoms with Gasteiger partial charge >= 0.3 is 0 Å². The molecule has 21 heavy (non-hydrogen) atoms. The van der Waals surface area contributed by atoms with E-state index < -0.39 is 0 Å². The van der Waals surface area contributed by atoms with Gasteiger partial charge < -0.3 is 10.5 Å². The molecule has 118 valence electrons. The second-order valence-electron chi connectivity index (χ2n) is 6.57. The third kappa shape index (κ3) is 3.98. The summed E-state index contributed by atoms with van der Waals surface area (Å²) < 4.78 is 5.71. The van der Waals surface area contributed by atoms with Crippen LogP contribution < -0.4 is 10.5 Å². The number of nitrogens with two attached hydrogens (primary N) is 1. The fraction of sp³-hybridized carbons (Fsp3) is 0.667. The van der Waals surface area contributed by atoms with E-state index in [9.17, 15) is 0 Å². The fourth-order valence-electron chi connectivity index (χ4n) is 3.45. The van der Waals surface area contributed by atoms with Crippen LogP contribution in [-0.2, 0) is 0 Å². The van der Waals surface area contributed by atoms with E-state index in [1.807, 2.05) is 0 Å². The first-order chi connectivity index (χ1) is 10.0. The maximum absolute atomic E-state index is 5.92. The molecule has 3 heteroatoms. The third-order valence-corrected chi connectivity index (χ3v) is 4.79. The summed E-state index contributed by atoms with van der Waals surface area (Å²) in [5.41, 5.74) is 7.27. The zero-order valence-electron chi connectivity index (χ0n) is 13.9. The Morgan fingerprint density at radius 1 is 1.19 bits per heavy atom. The Morgan fingerprint density at radius 3 is 2.43 bits per heavy atom. The van der Waals surface area contributed by atoms with Gasteiger partial charge in [-0.1, -0.05) is 18.6 Å². The highest BCUT2D eigenvalue weighted by Gasteiger charge is 2.31. The smallest absolute Gasteiger partial charge is 0.119 e. The van der Waals surface area contributed by atoms with Crippen molar-refractivity contribution in [2.24, 2.45) is 11.7 Å². The van der Waals surface area contributed by atoms with Crippen LogP contribution in [0.2, 0.25) is 0 Å². The van der Waals surface area contributed by atoms with Crippen LogP contribution in [0.1, 0.15) is 51.6 Å². The van der Waals surface area contributed by atoms with Crippen LogP contribution in [0.4, 0.5) is 0 Å². The number of nitrogens with zero attached hydrogens (tertiary/aromatic N) is 1. The van der Waals surface area contributed by atoms with E-state index in [-0.39, 0.29) is 6.10 Å². The zero-order valence-corrected chi connectivity index (χ0v) is 13.9. The Morgan fingerprint density at radius 2 is 1.86 bits per heavy atom. The molecule has 0 heterocycles. The largest absolute Gasteiger partial charge is 0.491 e. The van der Waals surface area contributed by atoms with Gasteiger partial charge in [-0.05, 0) is 70.8 Å². The highest BCUT2D eigenvalue weighted by atomic mass is 16.5. The van der Waals surface area contributed by atoms with Gasteiger partial charge in [0.05, 0.1) is 6.10 Å². The third-order valence-electron chi connectivity index (χ3n) is 4.79. The Hall–Kier alpha value is -1.06. The predicted molar refractivity (Wildman–Crippen MR) is 88.6 cm³/mol. The van der Waals surface area contributed by atoms with E-state index >= 15 is 0 Å². The predicted octanol–water partition coefficient (Wildman–Crippen LogP) is 3.59. The minimum atomic E-state index is 0.222. The second kappa shape index (κ2) is 7.28. The summed E-state index contributed by atoms with van der Waals surface area (Å²) in [4.78, 5) is 2.50. The van der Waals surface area contributed by atoms with Crippen LogP contribution >= 0.6 is 0 Å².